The zero-order chi connectivity index (χ0) is 20.1. The van der Waals surface area contributed by atoms with Gasteiger partial charge in [-0.25, -0.2) is 0 Å². The van der Waals surface area contributed by atoms with E-state index in [1.165, 1.54) is 11.1 Å². The summed E-state index contributed by atoms with van der Waals surface area (Å²) in [6.45, 7) is 2.51. The van der Waals surface area contributed by atoms with Crippen molar-refractivity contribution in [3.63, 3.8) is 0 Å². The molecule has 1 aromatic carbocycles. The van der Waals surface area contributed by atoms with Gasteiger partial charge in [-0.15, -0.1) is 0 Å². The van der Waals surface area contributed by atoms with Gasteiger partial charge in [0, 0.05) is 61.9 Å². The van der Waals surface area contributed by atoms with Gasteiger partial charge in [-0.1, -0.05) is 24.3 Å². The molecule has 3 heterocycles. The van der Waals surface area contributed by atoms with Gasteiger partial charge in [0.1, 0.15) is 0 Å². The Morgan fingerprint density at radius 2 is 2.07 bits per heavy atom. The number of aromatic nitrogens is 3. The lowest BCUT2D eigenvalue weighted by Crippen LogP contribution is -2.42. The number of fused-ring (bicyclic) bond motifs is 1. The minimum Gasteiger partial charge on any atom is -0.390 e. The number of aliphatic hydroxyl groups excluding tert-OH is 1. The number of hydrogen-bond acceptors (Lipinski definition) is 5. The lowest BCUT2D eigenvalue weighted by molar-refractivity contribution is 0.0841. The first-order valence-corrected chi connectivity index (χ1v) is 9.86. The first-order chi connectivity index (χ1) is 14.2. The zero-order valence-corrected chi connectivity index (χ0v) is 16.2. The summed E-state index contributed by atoms with van der Waals surface area (Å²) in [4.78, 5) is 19.0. The molecule has 0 unspecified atom stereocenters. The summed E-state index contributed by atoms with van der Waals surface area (Å²) in [5.74, 6) is -0.207. The van der Waals surface area contributed by atoms with E-state index in [2.05, 4.69) is 43.6 Å². The zero-order valence-electron chi connectivity index (χ0n) is 16.2. The van der Waals surface area contributed by atoms with Crippen LogP contribution in [0.5, 0.6) is 0 Å². The molecular formula is C22H25N5O2. The SMILES string of the molecule is O=C(NC[C@H](O)CN1CCc2ccccc2C1)c1ccnc(Cc2ccn[nH]2)c1. The van der Waals surface area contributed by atoms with E-state index in [0.29, 0.717) is 18.5 Å². The van der Waals surface area contributed by atoms with E-state index in [-0.39, 0.29) is 12.5 Å². The lowest BCUT2D eigenvalue weighted by Gasteiger charge is -2.30. The number of hydrogen-bond donors (Lipinski definition) is 3. The average Bonchev–Trinajstić information content (AvgIpc) is 3.25. The van der Waals surface area contributed by atoms with E-state index < -0.39 is 6.10 Å². The van der Waals surface area contributed by atoms with Gasteiger partial charge in [0.2, 0.25) is 0 Å². The molecule has 1 aliphatic rings. The quantitative estimate of drug-likeness (QED) is 0.568. The van der Waals surface area contributed by atoms with Crippen LogP contribution in [-0.4, -0.2) is 56.8 Å². The van der Waals surface area contributed by atoms with Crippen LogP contribution >= 0.6 is 0 Å². The molecule has 29 heavy (non-hydrogen) atoms. The molecule has 0 fully saturated rings. The minimum atomic E-state index is -0.615. The van der Waals surface area contributed by atoms with Crippen molar-refractivity contribution in [1.82, 2.24) is 25.4 Å². The summed E-state index contributed by atoms with van der Waals surface area (Å²) < 4.78 is 0. The van der Waals surface area contributed by atoms with Crippen molar-refractivity contribution in [2.24, 2.45) is 0 Å². The molecule has 1 amide bonds. The molecule has 0 saturated carbocycles. The highest BCUT2D eigenvalue weighted by molar-refractivity contribution is 5.94. The normalized spacial score (nSPS) is 14.9. The number of amides is 1. The van der Waals surface area contributed by atoms with Crippen LogP contribution in [0.2, 0.25) is 0 Å². The number of nitrogens with one attached hydrogen (secondary N) is 2. The highest BCUT2D eigenvalue weighted by Gasteiger charge is 2.19. The van der Waals surface area contributed by atoms with E-state index in [1.807, 2.05) is 12.1 Å². The Morgan fingerprint density at radius 1 is 1.21 bits per heavy atom. The first kappa shape index (κ1) is 19.3. The summed E-state index contributed by atoms with van der Waals surface area (Å²) in [6.07, 6.45) is 4.28. The molecule has 1 aliphatic heterocycles. The lowest BCUT2D eigenvalue weighted by atomic mass is 10.00. The van der Waals surface area contributed by atoms with E-state index in [0.717, 1.165) is 30.9 Å². The monoisotopic (exact) mass is 391 g/mol. The Hall–Kier alpha value is -3.03. The van der Waals surface area contributed by atoms with Crippen molar-refractivity contribution >= 4 is 5.91 Å². The smallest absolute Gasteiger partial charge is 0.251 e. The molecule has 2 aromatic heterocycles. The molecule has 0 aliphatic carbocycles. The minimum absolute atomic E-state index is 0.207. The van der Waals surface area contributed by atoms with Crippen LogP contribution in [0.3, 0.4) is 0 Å². The van der Waals surface area contributed by atoms with E-state index >= 15 is 0 Å². The molecule has 4 rings (SSSR count). The van der Waals surface area contributed by atoms with Crippen molar-refractivity contribution in [2.75, 3.05) is 19.6 Å². The summed E-state index contributed by atoms with van der Waals surface area (Å²) in [6, 6.07) is 13.7. The van der Waals surface area contributed by atoms with Crippen molar-refractivity contribution in [2.45, 2.75) is 25.5 Å². The van der Waals surface area contributed by atoms with Crippen LogP contribution in [0.1, 0.15) is 32.9 Å². The van der Waals surface area contributed by atoms with Gasteiger partial charge in [0.15, 0.2) is 0 Å². The Balaban J connectivity index is 1.27. The number of aromatic amines is 1. The molecule has 7 nitrogen and oxygen atoms in total. The van der Waals surface area contributed by atoms with Gasteiger partial charge in [0.25, 0.3) is 5.91 Å². The number of rotatable bonds is 7. The van der Waals surface area contributed by atoms with Gasteiger partial charge < -0.3 is 10.4 Å². The molecule has 0 spiro atoms. The second-order valence-corrected chi connectivity index (χ2v) is 7.41. The predicted molar refractivity (Wildman–Crippen MR) is 109 cm³/mol. The Bertz CT molecular complexity index is 957. The van der Waals surface area contributed by atoms with Crippen LogP contribution in [-0.2, 0) is 19.4 Å². The highest BCUT2D eigenvalue weighted by atomic mass is 16.3. The number of β-amino-alcohol motifs (C(OH)–C–C–N with tert-alkyl or cyclic N) is 1. The van der Waals surface area contributed by atoms with Crippen molar-refractivity contribution in [3.8, 4) is 0 Å². The van der Waals surface area contributed by atoms with Gasteiger partial charge in [-0.3, -0.25) is 19.8 Å². The predicted octanol–water partition coefficient (Wildman–Crippen LogP) is 1.54. The summed E-state index contributed by atoms with van der Waals surface area (Å²) in [5.41, 5.74) is 4.96. The highest BCUT2D eigenvalue weighted by Crippen LogP contribution is 2.18. The second-order valence-electron chi connectivity index (χ2n) is 7.41. The molecule has 150 valence electrons. The van der Waals surface area contributed by atoms with E-state index in [9.17, 15) is 9.90 Å². The maximum atomic E-state index is 12.5. The molecule has 3 N–H and O–H groups in total. The molecule has 0 bridgehead atoms. The average molecular weight is 391 g/mol. The number of H-pyrrole nitrogens is 1. The summed E-state index contributed by atoms with van der Waals surface area (Å²) in [7, 11) is 0. The molecule has 1 atom stereocenters. The number of nitrogens with zero attached hydrogens (tertiary/aromatic N) is 3. The largest absolute Gasteiger partial charge is 0.390 e. The van der Waals surface area contributed by atoms with Crippen LogP contribution in [0, 0.1) is 0 Å². The van der Waals surface area contributed by atoms with Crippen molar-refractivity contribution in [3.05, 3.63) is 82.9 Å². The van der Waals surface area contributed by atoms with Crippen LogP contribution in [0.15, 0.2) is 54.9 Å². The third-order valence-corrected chi connectivity index (χ3v) is 5.19. The second kappa shape index (κ2) is 8.98. The van der Waals surface area contributed by atoms with E-state index in [1.54, 1.807) is 24.5 Å². The maximum absolute atomic E-state index is 12.5. The van der Waals surface area contributed by atoms with Crippen LogP contribution in [0.4, 0.5) is 0 Å². The fraction of sp³-hybridized carbons (Fsp3) is 0.318. The van der Waals surface area contributed by atoms with Crippen LogP contribution in [0.25, 0.3) is 0 Å². The number of aliphatic hydroxyl groups is 1. The Labute approximate surface area is 169 Å². The van der Waals surface area contributed by atoms with Gasteiger partial charge in [-0.2, -0.15) is 5.10 Å². The summed E-state index contributed by atoms with van der Waals surface area (Å²) >= 11 is 0. The number of carbonyl (C=O) groups is 1. The van der Waals surface area contributed by atoms with Gasteiger partial charge in [0.05, 0.1) is 6.10 Å². The standard InChI is InChI=1S/C22H25N5O2/c28-21(15-27-10-7-16-3-1-2-4-18(16)14-27)13-24-22(29)17-5-8-23-20(11-17)12-19-6-9-25-26-19/h1-6,8-9,11,21,28H,7,10,12-15H2,(H,24,29)(H,25,26)/t21-/m0/s1. The fourth-order valence-corrected chi connectivity index (χ4v) is 3.68. The molecule has 3 aromatic rings. The van der Waals surface area contributed by atoms with Gasteiger partial charge in [-0.05, 0) is 35.7 Å². The first-order valence-electron chi connectivity index (χ1n) is 9.86. The fourth-order valence-electron chi connectivity index (χ4n) is 3.68. The molecule has 0 saturated heterocycles. The third kappa shape index (κ3) is 5.07. The molecular weight excluding hydrogens is 366 g/mol. The number of carbonyl (C=O) groups excluding carboxylic acids is 1. The molecule has 7 heteroatoms. The van der Waals surface area contributed by atoms with Crippen molar-refractivity contribution in [1.29, 1.82) is 0 Å². The topological polar surface area (TPSA) is 94.1 Å². The summed E-state index contributed by atoms with van der Waals surface area (Å²) in [5, 5.41) is 20.0. The number of benzene rings is 1. The Kier molecular flexibility index (Phi) is 5.97. The van der Waals surface area contributed by atoms with Crippen LogP contribution < -0.4 is 5.32 Å². The Morgan fingerprint density at radius 3 is 2.90 bits per heavy atom. The maximum Gasteiger partial charge on any atom is 0.251 e. The van der Waals surface area contributed by atoms with Gasteiger partial charge >= 0.3 is 0 Å². The molecule has 0 radical (unpaired) electrons. The van der Waals surface area contributed by atoms with Crippen molar-refractivity contribution < 1.29 is 9.90 Å². The van der Waals surface area contributed by atoms with E-state index in [4.69, 9.17) is 0 Å². The number of pyridine rings is 1. The third-order valence-electron chi connectivity index (χ3n) is 5.19.